The molecular formula is C31H37ClFN7O5S. The molecule has 15 heteroatoms. The molecule has 2 aromatic rings. The van der Waals surface area contributed by atoms with Gasteiger partial charge in [0, 0.05) is 79.2 Å². The number of carbonyl (C=O) groups excluding carboxylic acids is 3. The molecular weight excluding hydrogens is 637 g/mol. The second kappa shape index (κ2) is 13.3. The largest absolute Gasteiger partial charge is 0.468 e. The summed E-state index contributed by atoms with van der Waals surface area (Å²) in [6.07, 6.45) is 2.20. The highest BCUT2D eigenvalue weighted by molar-refractivity contribution is 7.11. The third-order valence-electron chi connectivity index (χ3n) is 9.17. The van der Waals surface area contributed by atoms with Gasteiger partial charge in [0.1, 0.15) is 17.9 Å². The van der Waals surface area contributed by atoms with Gasteiger partial charge >= 0.3 is 18.0 Å². The standard InChI is InChI=1S/C31H37ClFN7O5S/c1-17(2)39-14-19(12-24(39)29(41)44-3)40-15-20-13-37(8-9-38(20)31(40)43)16-23-25(30(42)45-4)26(21-6-5-18(33)11-22(21)32)36-27(35-23)28-34-7-10-46-28/h5-7,10-11,17,19-20,24,26H,8-9,12-16H2,1-4H3,(H,35,36)/t19-,20-,24+,26-/m0/s1. The van der Waals surface area contributed by atoms with Crippen LogP contribution in [-0.2, 0) is 19.1 Å². The van der Waals surface area contributed by atoms with Crippen molar-refractivity contribution in [2.24, 2.45) is 4.99 Å². The van der Waals surface area contributed by atoms with Crippen molar-refractivity contribution in [1.82, 2.24) is 29.9 Å². The Balaban J connectivity index is 1.24. The summed E-state index contributed by atoms with van der Waals surface area (Å²) in [6, 6.07) is 2.75. The number of esters is 2. The molecule has 5 heterocycles. The topological polar surface area (TPSA) is 120 Å². The van der Waals surface area contributed by atoms with Crippen LogP contribution in [0.5, 0.6) is 0 Å². The van der Waals surface area contributed by atoms with Gasteiger partial charge in [-0.3, -0.25) is 19.6 Å². The summed E-state index contributed by atoms with van der Waals surface area (Å²) >= 11 is 7.89. The van der Waals surface area contributed by atoms with Crippen LogP contribution >= 0.6 is 22.9 Å². The molecule has 0 bridgehead atoms. The third kappa shape index (κ3) is 6.10. The van der Waals surface area contributed by atoms with E-state index in [0.29, 0.717) is 67.8 Å². The number of hydrogen-bond acceptors (Lipinski definition) is 11. The summed E-state index contributed by atoms with van der Waals surface area (Å²) < 4.78 is 24.3. The SMILES string of the molecule is COC(=O)C1=C(CN2CCN3C(=O)N([C@H]4C[C@H](C(=O)OC)N(C(C)C)C4)C[C@@H]3C2)NC(c2nccs2)=N[C@H]1c1ccc(F)cc1Cl. The van der Waals surface area contributed by atoms with Gasteiger partial charge in [-0.05, 0) is 32.4 Å². The van der Waals surface area contributed by atoms with E-state index in [1.165, 1.54) is 43.8 Å². The number of ether oxygens (including phenoxy) is 2. The van der Waals surface area contributed by atoms with E-state index in [9.17, 15) is 18.8 Å². The first-order chi connectivity index (χ1) is 22.1. The molecule has 4 atom stereocenters. The zero-order valence-electron chi connectivity index (χ0n) is 26.1. The number of amides is 2. The van der Waals surface area contributed by atoms with Gasteiger partial charge in [0.25, 0.3) is 0 Å². The Kier molecular flexibility index (Phi) is 9.33. The van der Waals surface area contributed by atoms with Crippen LogP contribution in [0.25, 0.3) is 0 Å². The number of nitrogens with zero attached hydrogens (tertiary/aromatic N) is 6. The van der Waals surface area contributed by atoms with Crippen molar-refractivity contribution in [3.05, 3.63) is 62.5 Å². The van der Waals surface area contributed by atoms with Crippen LogP contribution in [0.3, 0.4) is 0 Å². The van der Waals surface area contributed by atoms with E-state index in [-0.39, 0.29) is 46.8 Å². The number of rotatable bonds is 8. The number of aromatic nitrogens is 1. The van der Waals surface area contributed by atoms with Crippen molar-refractivity contribution in [3.8, 4) is 0 Å². The quantitative estimate of drug-likeness (QED) is 0.422. The van der Waals surface area contributed by atoms with Crippen molar-refractivity contribution in [1.29, 1.82) is 0 Å². The Labute approximate surface area is 275 Å². The summed E-state index contributed by atoms with van der Waals surface area (Å²) in [5, 5.41) is 5.94. The van der Waals surface area contributed by atoms with E-state index < -0.39 is 17.8 Å². The van der Waals surface area contributed by atoms with Crippen molar-refractivity contribution < 1.29 is 28.2 Å². The van der Waals surface area contributed by atoms with Crippen molar-refractivity contribution >= 4 is 46.7 Å². The zero-order valence-corrected chi connectivity index (χ0v) is 27.7. The first-order valence-corrected chi connectivity index (χ1v) is 16.5. The van der Waals surface area contributed by atoms with Gasteiger partial charge in [0.15, 0.2) is 10.8 Å². The van der Waals surface area contributed by atoms with Crippen molar-refractivity contribution in [3.63, 3.8) is 0 Å². The Morgan fingerprint density at radius 3 is 2.61 bits per heavy atom. The fourth-order valence-electron chi connectivity index (χ4n) is 6.94. The average Bonchev–Trinajstić information content (AvgIpc) is 3.80. The number of amidine groups is 1. The van der Waals surface area contributed by atoms with E-state index in [4.69, 9.17) is 26.1 Å². The molecule has 246 valence electrons. The van der Waals surface area contributed by atoms with Crippen LogP contribution in [-0.4, -0.2) is 126 Å². The van der Waals surface area contributed by atoms with Gasteiger partial charge in [0.05, 0.1) is 25.8 Å². The van der Waals surface area contributed by atoms with Gasteiger partial charge < -0.3 is 24.6 Å². The molecule has 0 unspecified atom stereocenters. The number of piperazine rings is 1. The maximum Gasteiger partial charge on any atom is 0.338 e. The number of carbonyl (C=O) groups is 3. The molecule has 0 spiro atoms. The molecule has 3 fully saturated rings. The number of likely N-dealkylation sites (tertiary alicyclic amines) is 1. The molecule has 4 aliphatic heterocycles. The van der Waals surface area contributed by atoms with Crippen LogP contribution in [0.4, 0.5) is 9.18 Å². The highest BCUT2D eigenvalue weighted by atomic mass is 35.5. The van der Waals surface area contributed by atoms with E-state index in [0.717, 1.165) is 0 Å². The van der Waals surface area contributed by atoms with E-state index in [1.807, 2.05) is 29.0 Å². The van der Waals surface area contributed by atoms with Crippen LogP contribution in [0.1, 0.15) is 36.9 Å². The minimum absolute atomic E-state index is 0.0154. The number of halogens is 2. The summed E-state index contributed by atoms with van der Waals surface area (Å²) in [6.45, 7) is 7.25. The smallest absolute Gasteiger partial charge is 0.338 e. The number of fused-ring (bicyclic) bond motifs is 1. The van der Waals surface area contributed by atoms with Crippen LogP contribution in [0, 0.1) is 5.82 Å². The fraction of sp³-hybridized carbons (Fsp3) is 0.516. The molecule has 6 rings (SSSR count). The van der Waals surface area contributed by atoms with Gasteiger partial charge in [-0.1, -0.05) is 17.7 Å². The lowest BCUT2D eigenvalue weighted by Crippen LogP contribution is -2.53. The maximum absolute atomic E-state index is 14.0. The van der Waals surface area contributed by atoms with Crippen LogP contribution in [0.15, 0.2) is 46.0 Å². The molecule has 0 aliphatic carbocycles. The van der Waals surface area contributed by atoms with Crippen molar-refractivity contribution in [2.75, 3.05) is 53.5 Å². The second-order valence-electron chi connectivity index (χ2n) is 12.1. The summed E-state index contributed by atoms with van der Waals surface area (Å²) in [7, 11) is 2.70. The van der Waals surface area contributed by atoms with Crippen LogP contribution < -0.4 is 5.32 Å². The molecule has 12 nitrogen and oxygen atoms in total. The number of aliphatic imine (C=N–C) groups is 1. The summed E-state index contributed by atoms with van der Waals surface area (Å²) in [5.41, 5.74) is 1.32. The monoisotopic (exact) mass is 673 g/mol. The van der Waals surface area contributed by atoms with Gasteiger partial charge in [-0.15, -0.1) is 11.3 Å². The Bertz CT molecular complexity index is 1570. The number of benzene rings is 1. The Morgan fingerprint density at radius 1 is 1.13 bits per heavy atom. The predicted molar refractivity (Wildman–Crippen MR) is 170 cm³/mol. The number of hydrogen-bond donors (Lipinski definition) is 1. The molecule has 4 aliphatic rings. The highest BCUT2D eigenvalue weighted by Gasteiger charge is 2.48. The first-order valence-electron chi connectivity index (χ1n) is 15.2. The lowest BCUT2D eigenvalue weighted by molar-refractivity contribution is -0.146. The van der Waals surface area contributed by atoms with Gasteiger partial charge in [-0.2, -0.15) is 0 Å². The number of urea groups is 1. The average molecular weight is 674 g/mol. The van der Waals surface area contributed by atoms with E-state index >= 15 is 0 Å². The van der Waals surface area contributed by atoms with E-state index in [1.54, 1.807) is 6.20 Å². The molecule has 1 aromatic carbocycles. The zero-order chi connectivity index (χ0) is 32.7. The number of thiazole rings is 1. The van der Waals surface area contributed by atoms with Crippen LogP contribution in [0.2, 0.25) is 5.02 Å². The molecule has 1 aromatic heterocycles. The molecule has 0 radical (unpaired) electrons. The summed E-state index contributed by atoms with van der Waals surface area (Å²) in [4.78, 5) is 56.8. The highest BCUT2D eigenvalue weighted by Crippen LogP contribution is 2.37. The molecule has 2 amide bonds. The second-order valence-corrected chi connectivity index (χ2v) is 13.4. The van der Waals surface area contributed by atoms with Gasteiger partial charge in [0.2, 0.25) is 0 Å². The molecule has 46 heavy (non-hydrogen) atoms. The maximum atomic E-state index is 14.0. The lowest BCUT2D eigenvalue weighted by Gasteiger charge is -2.38. The first kappa shape index (κ1) is 32.4. The lowest BCUT2D eigenvalue weighted by atomic mass is 9.95. The van der Waals surface area contributed by atoms with E-state index in [2.05, 4.69) is 20.1 Å². The Hall–Kier alpha value is -3.59. The fourth-order valence-corrected chi connectivity index (χ4v) is 7.80. The normalized spacial score (nSPS) is 25.5. The minimum atomic E-state index is -0.852. The minimum Gasteiger partial charge on any atom is -0.468 e. The molecule has 1 N–H and O–H groups in total. The molecule has 0 saturated carbocycles. The van der Waals surface area contributed by atoms with Gasteiger partial charge in [-0.25, -0.2) is 19.0 Å². The Morgan fingerprint density at radius 2 is 1.93 bits per heavy atom. The van der Waals surface area contributed by atoms with Crippen molar-refractivity contribution in [2.45, 2.75) is 50.5 Å². The predicted octanol–water partition coefficient (Wildman–Crippen LogP) is 2.90. The third-order valence-corrected chi connectivity index (χ3v) is 10.3. The number of methoxy groups -OCH3 is 2. The summed E-state index contributed by atoms with van der Waals surface area (Å²) in [5.74, 6) is -0.877. The number of nitrogens with one attached hydrogen (secondary N) is 1. The molecule has 3 saturated heterocycles.